The molecule has 0 spiro atoms. The lowest BCUT2D eigenvalue weighted by molar-refractivity contribution is 0.102. The van der Waals surface area contributed by atoms with E-state index in [2.05, 4.69) is 20.4 Å². The van der Waals surface area contributed by atoms with E-state index in [1.165, 1.54) is 16.0 Å². The van der Waals surface area contributed by atoms with Crippen molar-refractivity contribution in [3.63, 3.8) is 0 Å². The Morgan fingerprint density at radius 3 is 2.81 bits per heavy atom. The number of carbonyl (C=O) groups excluding carboxylic acids is 1. The van der Waals surface area contributed by atoms with Crippen molar-refractivity contribution in [1.29, 1.82) is 0 Å². The summed E-state index contributed by atoms with van der Waals surface area (Å²) >= 11 is 7.72. The zero-order chi connectivity index (χ0) is 21.4. The third kappa shape index (κ3) is 3.80. The molecule has 5 rings (SSSR count). The minimum atomic E-state index is -0.371. The number of aromatic nitrogens is 4. The lowest BCUT2D eigenvalue weighted by Crippen LogP contribution is -2.24. The highest BCUT2D eigenvalue weighted by Crippen LogP contribution is 2.28. The van der Waals surface area contributed by atoms with Gasteiger partial charge in [0.1, 0.15) is 11.5 Å². The van der Waals surface area contributed by atoms with Crippen LogP contribution in [-0.4, -0.2) is 25.7 Å². The van der Waals surface area contributed by atoms with E-state index in [0.29, 0.717) is 22.1 Å². The Morgan fingerprint density at radius 2 is 2.00 bits per heavy atom. The second kappa shape index (κ2) is 8.13. The Labute approximate surface area is 186 Å². The fraction of sp³-hybridized carbons (Fsp3) is 0.182. The number of H-pyrrole nitrogens is 1. The van der Waals surface area contributed by atoms with Crippen molar-refractivity contribution in [3.05, 3.63) is 80.0 Å². The van der Waals surface area contributed by atoms with Gasteiger partial charge in [0.25, 0.3) is 11.5 Å². The molecule has 3 aromatic heterocycles. The maximum atomic E-state index is 12.9. The van der Waals surface area contributed by atoms with Gasteiger partial charge in [0.2, 0.25) is 5.95 Å². The molecule has 3 heterocycles. The fourth-order valence-electron chi connectivity index (χ4n) is 3.70. The molecule has 2 N–H and O–H groups in total. The van der Waals surface area contributed by atoms with Crippen molar-refractivity contribution in [2.45, 2.75) is 25.7 Å². The number of amides is 1. The number of aryl methyl sites for hydroxylation is 1. The Hall–Kier alpha value is -3.23. The summed E-state index contributed by atoms with van der Waals surface area (Å²) < 4.78 is 1.47. The zero-order valence-electron chi connectivity index (χ0n) is 16.4. The van der Waals surface area contributed by atoms with Gasteiger partial charge < -0.3 is 5.32 Å². The van der Waals surface area contributed by atoms with Gasteiger partial charge in [-0.2, -0.15) is 9.78 Å². The number of nitrogens with one attached hydrogen (secondary N) is 2. The molecule has 0 saturated heterocycles. The van der Waals surface area contributed by atoms with Crippen molar-refractivity contribution >= 4 is 34.7 Å². The van der Waals surface area contributed by atoms with E-state index in [4.69, 9.17) is 11.6 Å². The first-order valence-corrected chi connectivity index (χ1v) is 11.2. The molecule has 1 amide bonds. The third-order valence-corrected chi connectivity index (χ3v) is 6.44. The molecule has 31 heavy (non-hydrogen) atoms. The van der Waals surface area contributed by atoms with Gasteiger partial charge in [0, 0.05) is 11.6 Å². The quantitative estimate of drug-likeness (QED) is 0.478. The van der Waals surface area contributed by atoms with E-state index in [1.807, 2.05) is 17.5 Å². The molecule has 0 aliphatic heterocycles. The molecular weight excluding hydrogens is 434 g/mol. The van der Waals surface area contributed by atoms with Crippen LogP contribution in [-0.2, 0) is 12.8 Å². The van der Waals surface area contributed by atoms with Crippen LogP contribution >= 0.6 is 22.9 Å². The van der Waals surface area contributed by atoms with Gasteiger partial charge in [-0.1, -0.05) is 29.8 Å². The third-order valence-electron chi connectivity index (χ3n) is 5.22. The average Bonchev–Trinajstić information content (AvgIpc) is 3.44. The molecule has 0 fully saturated rings. The average molecular weight is 452 g/mol. The predicted molar refractivity (Wildman–Crippen MR) is 121 cm³/mol. The minimum absolute atomic E-state index is 0.156. The second-order valence-corrected chi connectivity index (χ2v) is 8.61. The highest BCUT2D eigenvalue weighted by atomic mass is 35.5. The van der Waals surface area contributed by atoms with E-state index in [0.717, 1.165) is 41.8 Å². The molecule has 7 nitrogen and oxygen atoms in total. The topological polar surface area (TPSA) is 92.7 Å². The van der Waals surface area contributed by atoms with E-state index in [1.54, 1.807) is 30.3 Å². The molecule has 1 aliphatic carbocycles. The number of halogens is 1. The molecule has 1 aromatic carbocycles. The molecule has 0 radical (unpaired) electrons. The predicted octanol–water partition coefficient (Wildman–Crippen LogP) is 4.47. The van der Waals surface area contributed by atoms with Gasteiger partial charge in [-0.3, -0.25) is 14.6 Å². The van der Waals surface area contributed by atoms with Gasteiger partial charge in [-0.05, 0) is 49.3 Å². The van der Waals surface area contributed by atoms with Crippen LogP contribution in [0.1, 0.15) is 34.5 Å². The van der Waals surface area contributed by atoms with E-state index in [-0.39, 0.29) is 17.4 Å². The molecular formula is C22H18ClN5O2S. The zero-order valence-corrected chi connectivity index (χ0v) is 18.0. The molecule has 4 aromatic rings. The maximum absolute atomic E-state index is 12.9. The van der Waals surface area contributed by atoms with Crippen LogP contribution in [0.15, 0.2) is 52.6 Å². The lowest BCUT2D eigenvalue weighted by Gasteiger charge is -2.15. The van der Waals surface area contributed by atoms with E-state index >= 15 is 0 Å². The smallest absolute Gasteiger partial charge is 0.258 e. The van der Waals surface area contributed by atoms with Crippen LogP contribution in [0.25, 0.3) is 16.5 Å². The molecule has 1 aliphatic rings. The van der Waals surface area contributed by atoms with Crippen LogP contribution in [0.2, 0.25) is 5.02 Å². The summed E-state index contributed by atoms with van der Waals surface area (Å²) in [4.78, 5) is 34.0. The SMILES string of the molecule is O=C(Nc1cc(-c2cccs2)nn1-c1nc2c(c(=O)[nH]1)CCCC2)c1ccccc1Cl. The first-order valence-electron chi connectivity index (χ1n) is 9.92. The van der Waals surface area contributed by atoms with Crippen molar-refractivity contribution in [2.75, 3.05) is 5.32 Å². The minimum Gasteiger partial charge on any atom is -0.306 e. The molecule has 0 saturated carbocycles. The summed E-state index contributed by atoms with van der Waals surface area (Å²) in [5, 5.41) is 9.80. The number of benzene rings is 1. The van der Waals surface area contributed by atoms with Crippen LogP contribution in [0.3, 0.4) is 0 Å². The first kappa shape index (κ1) is 19.7. The van der Waals surface area contributed by atoms with Crippen LogP contribution < -0.4 is 10.9 Å². The van der Waals surface area contributed by atoms with Crippen LogP contribution in [0, 0.1) is 0 Å². The summed E-state index contributed by atoms with van der Waals surface area (Å²) in [5.74, 6) is 0.305. The summed E-state index contributed by atoms with van der Waals surface area (Å²) in [6.07, 6.45) is 3.47. The fourth-order valence-corrected chi connectivity index (χ4v) is 4.60. The number of anilines is 1. The molecule has 156 valence electrons. The van der Waals surface area contributed by atoms with Gasteiger partial charge in [-0.25, -0.2) is 4.98 Å². The van der Waals surface area contributed by atoms with Gasteiger partial charge in [-0.15, -0.1) is 11.3 Å². The monoisotopic (exact) mass is 451 g/mol. The Kier molecular flexibility index (Phi) is 5.17. The van der Waals surface area contributed by atoms with Crippen LogP contribution in [0.5, 0.6) is 0 Å². The summed E-state index contributed by atoms with van der Waals surface area (Å²) in [6.45, 7) is 0. The van der Waals surface area contributed by atoms with Gasteiger partial charge in [0.05, 0.1) is 21.2 Å². The van der Waals surface area contributed by atoms with Gasteiger partial charge in [0.15, 0.2) is 0 Å². The van der Waals surface area contributed by atoms with Crippen molar-refractivity contribution in [3.8, 4) is 16.5 Å². The number of rotatable bonds is 4. The van der Waals surface area contributed by atoms with E-state index < -0.39 is 0 Å². The highest BCUT2D eigenvalue weighted by Gasteiger charge is 2.21. The Balaban J connectivity index is 1.60. The van der Waals surface area contributed by atoms with Crippen molar-refractivity contribution < 1.29 is 4.79 Å². The summed E-state index contributed by atoms with van der Waals surface area (Å²) in [7, 11) is 0. The van der Waals surface area contributed by atoms with Crippen LogP contribution in [0.4, 0.5) is 5.82 Å². The number of fused-ring (bicyclic) bond motifs is 1. The number of aromatic amines is 1. The molecule has 0 bridgehead atoms. The number of hydrogen-bond donors (Lipinski definition) is 2. The number of nitrogens with zero attached hydrogens (tertiary/aromatic N) is 3. The first-order chi connectivity index (χ1) is 15.1. The maximum Gasteiger partial charge on any atom is 0.258 e. The Bertz CT molecular complexity index is 1330. The second-order valence-electron chi connectivity index (χ2n) is 7.26. The van der Waals surface area contributed by atoms with Crippen molar-refractivity contribution in [1.82, 2.24) is 19.7 Å². The Morgan fingerprint density at radius 1 is 1.16 bits per heavy atom. The standard InChI is InChI=1S/C22H18ClN5O2S/c23-15-8-3-1-6-13(15)20(29)25-19-12-17(18-10-5-11-31-18)27-28(19)22-24-16-9-4-2-7-14(16)21(30)26-22/h1,3,5-6,8,10-12H,2,4,7,9H2,(H,25,29)(H,24,26,30). The summed E-state index contributed by atoms with van der Waals surface area (Å²) in [5.41, 5.74) is 2.39. The number of carbonyl (C=O) groups is 1. The molecule has 0 unspecified atom stereocenters. The molecule has 0 atom stereocenters. The summed E-state index contributed by atoms with van der Waals surface area (Å²) in [6, 6.07) is 12.5. The molecule has 9 heteroatoms. The largest absolute Gasteiger partial charge is 0.306 e. The van der Waals surface area contributed by atoms with Crippen molar-refractivity contribution in [2.24, 2.45) is 0 Å². The highest BCUT2D eigenvalue weighted by molar-refractivity contribution is 7.13. The number of thiophene rings is 1. The van der Waals surface area contributed by atoms with Gasteiger partial charge >= 0.3 is 0 Å². The number of hydrogen-bond acceptors (Lipinski definition) is 5. The lowest BCUT2D eigenvalue weighted by atomic mass is 9.97. The van der Waals surface area contributed by atoms with E-state index in [9.17, 15) is 9.59 Å². The normalized spacial score (nSPS) is 13.1.